The van der Waals surface area contributed by atoms with Crippen LogP contribution in [0.4, 0.5) is 0 Å². The number of nitrogens with zero attached hydrogens (tertiary/aromatic N) is 2. The molecule has 0 N–H and O–H groups in total. The molecule has 3 nitrogen and oxygen atoms in total. The standard InChI is InChI=1S/C15H19BrN2O/c1-4-5-12-6-8-13(9-7-12)19-10-14-15(16)11(2)17-18(14)3/h6-9H,4-5,10H2,1-3H3. The van der Waals surface area contributed by atoms with Gasteiger partial charge in [-0.3, -0.25) is 4.68 Å². The minimum absolute atomic E-state index is 0.519. The van der Waals surface area contributed by atoms with Crippen molar-refractivity contribution in [3.05, 3.63) is 45.7 Å². The second-order valence-electron chi connectivity index (χ2n) is 4.65. The molecule has 0 aliphatic carbocycles. The normalized spacial score (nSPS) is 10.7. The topological polar surface area (TPSA) is 27.1 Å². The van der Waals surface area contributed by atoms with Gasteiger partial charge in [0.05, 0.1) is 15.9 Å². The van der Waals surface area contributed by atoms with Gasteiger partial charge in [-0.15, -0.1) is 0 Å². The lowest BCUT2D eigenvalue weighted by Crippen LogP contribution is -2.03. The molecule has 0 saturated heterocycles. The van der Waals surface area contributed by atoms with Crippen molar-refractivity contribution < 1.29 is 4.74 Å². The second-order valence-corrected chi connectivity index (χ2v) is 5.45. The van der Waals surface area contributed by atoms with E-state index >= 15 is 0 Å². The minimum Gasteiger partial charge on any atom is -0.487 e. The average Bonchev–Trinajstić information content (AvgIpc) is 2.64. The Kier molecular flexibility index (Phi) is 4.64. The lowest BCUT2D eigenvalue weighted by molar-refractivity contribution is 0.294. The van der Waals surface area contributed by atoms with Gasteiger partial charge in [0.25, 0.3) is 0 Å². The van der Waals surface area contributed by atoms with Gasteiger partial charge in [-0.05, 0) is 47.0 Å². The fourth-order valence-electron chi connectivity index (χ4n) is 2.03. The van der Waals surface area contributed by atoms with E-state index in [1.165, 1.54) is 12.0 Å². The SMILES string of the molecule is CCCc1ccc(OCc2c(Br)c(C)nn2C)cc1. The molecule has 0 bridgehead atoms. The Morgan fingerprint density at radius 1 is 1.26 bits per heavy atom. The van der Waals surface area contributed by atoms with Crippen molar-refractivity contribution in [2.45, 2.75) is 33.3 Å². The number of benzene rings is 1. The van der Waals surface area contributed by atoms with Gasteiger partial charge in [-0.1, -0.05) is 25.5 Å². The molecule has 0 aliphatic heterocycles. The maximum atomic E-state index is 5.81. The summed E-state index contributed by atoms with van der Waals surface area (Å²) in [6.07, 6.45) is 2.29. The van der Waals surface area contributed by atoms with Gasteiger partial charge >= 0.3 is 0 Å². The number of hydrogen-bond donors (Lipinski definition) is 0. The van der Waals surface area contributed by atoms with Crippen LogP contribution in [0.15, 0.2) is 28.7 Å². The first kappa shape index (κ1) is 14.1. The Morgan fingerprint density at radius 3 is 2.47 bits per heavy atom. The van der Waals surface area contributed by atoms with E-state index in [0.29, 0.717) is 6.61 Å². The van der Waals surface area contributed by atoms with Gasteiger partial charge < -0.3 is 4.74 Å². The summed E-state index contributed by atoms with van der Waals surface area (Å²) >= 11 is 3.54. The monoisotopic (exact) mass is 322 g/mol. The third-order valence-corrected chi connectivity index (χ3v) is 4.13. The highest BCUT2D eigenvalue weighted by molar-refractivity contribution is 9.10. The number of hydrogen-bond acceptors (Lipinski definition) is 2. The summed E-state index contributed by atoms with van der Waals surface area (Å²) in [5, 5.41) is 4.35. The molecule has 0 atom stereocenters. The van der Waals surface area contributed by atoms with Gasteiger partial charge in [0.15, 0.2) is 0 Å². The van der Waals surface area contributed by atoms with Crippen LogP contribution in [-0.2, 0) is 20.1 Å². The minimum atomic E-state index is 0.519. The molecule has 0 unspecified atom stereocenters. The van der Waals surface area contributed by atoms with Gasteiger partial charge in [0.2, 0.25) is 0 Å². The molecule has 102 valence electrons. The maximum Gasteiger partial charge on any atom is 0.131 e. The van der Waals surface area contributed by atoms with Crippen LogP contribution in [0.1, 0.15) is 30.3 Å². The number of aryl methyl sites for hydroxylation is 3. The Bertz CT molecular complexity index is 546. The zero-order valence-electron chi connectivity index (χ0n) is 11.6. The first-order valence-corrected chi connectivity index (χ1v) is 7.30. The predicted molar refractivity (Wildman–Crippen MR) is 80.4 cm³/mol. The van der Waals surface area contributed by atoms with Crippen LogP contribution in [0.5, 0.6) is 5.75 Å². The molecule has 0 aliphatic rings. The Labute approximate surface area is 122 Å². The highest BCUT2D eigenvalue weighted by Crippen LogP contribution is 2.22. The van der Waals surface area contributed by atoms with Gasteiger partial charge in [-0.25, -0.2) is 0 Å². The molecular weight excluding hydrogens is 304 g/mol. The predicted octanol–water partition coefficient (Wildman–Crippen LogP) is 4.02. The maximum absolute atomic E-state index is 5.81. The number of ether oxygens (including phenoxy) is 1. The summed E-state index contributed by atoms with van der Waals surface area (Å²) in [6, 6.07) is 8.31. The molecule has 19 heavy (non-hydrogen) atoms. The van der Waals surface area contributed by atoms with Crippen molar-refractivity contribution in [2.75, 3.05) is 0 Å². The molecule has 0 radical (unpaired) electrons. The smallest absolute Gasteiger partial charge is 0.131 e. The Balaban J connectivity index is 2.02. The lowest BCUT2D eigenvalue weighted by atomic mass is 10.1. The molecule has 4 heteroatoms. The zero-order valence-corrected chi connectivity index (χ0v) is 13.2. The van der Waals surface area contributed by atoms with Crippen LogP contribution < -0.4 is 4.74 Å². The molecule has 0 spiro atoms. The first-order chi connectivity index (χ1) is 9.11. The van der Waals surface area contributed by atoms with Gasteiger partial charge in [0, 0.05) is 7.05 Å². The number of rotatable bonds is 5. The van der Waals surface area contributed by atoms with E-state index in [0.717, 1.165) is 28.0 Å². The fourth-order valence-corrected chi connectivity index (χ4v) is 2.48. The molecular formula is C15H19BrN2O. The van der Waals surface area contributed by atoms with E-state index in [2.05, 4.69) is 40.1 Å². The first-order valence-electron chi connectivity index (χ1n) is 6.51. The largest absolute Gasteiger partial charge is 0.487 e. The summed E-state index contributed by atoms with van der Waals surface area (Å²) in [6.45, 7) is 4.69. The third-order valence-electron chi connectivity index (χ3n) is 3.10. The quantitative estimate of drug-likeness (QED) is 0.831. The second kappa shape index (κ2) is 6.24. The van der Waals surface area contributed by atoms with E-state index in [4.69, 9.17) is 4.74 Å². The van der Waals surface area contributed by atoms with Crippen molar-refractivity contribution in [3.63, 3.8) is 0 Å². The van der Waals surface area contributed by atoms with Crippen LogP contribution >= 0.6 is 15.9 Å². The zero-order chi connectivity index (χ0) is 13.8. The van der Waals surface area contributed by atoms with Crippen LogP contribution in [0.3, 0.4) is 0 Å². The molecule has 2 rings (SSSR count). The van der Waals surface area contributed by atoms with Crippen molar-refractivity contribution in [1.82, 2.24) is 9.78 Å². The van der Waals surface area contributed by atoms with Crippen molar-refractivity contribution >= 4 is 15.9 Å². The highest BCUT2D eigenvalue weighted by Gasteiger charge is 2.10. The number of aromatic nitrogens is 2. The summed E-state index contributed by atoms with van der Waals surface area (Å²) in [4.78, 5) is 0. The van der Waals surface area contributed by atoms with Gasteiger partial charge in [0.1, 0.15) is 12.4 Å². The van der Waals surface area contributed by atoms with E-state index in [9.17, 15) is 0 Å². The molecule has 1 aromatic heterocycles. The molecule has 0 amide bonds. The molecule has 0 fully saturated rings. The van der Waals surface area contributed by atoms with E-state index in [1.807, 2.05) is 30.8 Å². The lowest BCUT2D eigenvalue weighted by Gasteiger charge is -2.08. The molecule has 0 saturated carbocycles. The van der Waals surface area contributed by atoms with Gasteiger partial charge in [-0.2, -0.15) is 5.10 Å². The molecule has 1 aromatic carbocycles. The molecule has 2 aromatic rings. The summed E-state index contributed by atoms with van der Waals surface area (Å²) in [5.74, 6) is 0.894. The number of halogens is 1. The fraction of sp³-hybridized carbons (Fsp3) is 0.400. The third kappa shape index (κ3) is 3.38. The highest BCUT2D eigenvalue weighted by atomic mass is 79.9. The summed E-state index contributed by atoms with van der Waals surface area (Å²) in [7, 11) is 1.93. The Hall–Kier alpha value is -1.29. The summed E-state index contributed by atoms with van der Waals surface area (Å²) in [5.41, 5.74) is 3.39. The van der Waals surface area contributed by atoms with E-state index < -0.39 is 0 Å². The van der Waals surface area contributed by atoms with Crippen molar-refractivity contribution in [2.24, 2.45) is 7.05 Å². The van der Waals surface area contributed by atoms with Crippen molar-refractivity contribution in [3.8, 4) is 5.75 Å². The van der Waals surface area contributed by atoms with Crippen molar-refractivity contribution in [1.29, 1.82) is 0 Å². The average molecular weight is 323 g/mol. The van der Waals surface area contributed by atoms with Crippen LogP contribution in [0.25, 0.3) is 0 Å². The summed E-state index contributed by atoms with van der Waals surface area (Å²) < 4.78 is 8.69. The van der Waals surface area contributed by atoms with E-state index in [-0.39, 0.29) is 0 Å². The van der Waals surface area contributed by atoms with E-state index in [1.54, 1.807) is 0 Å². The van der Waals surface area contributed by atoms with Crippen LogP contribution in [0.2, 0.25) is 0 Å². The Morgan fingerprint density at radius 2 is 1.95 bits per heavy atom. The van der Waals surface area contributed by atoms with Crippen LogP contribution in [-0.4, -0.2) is 9.78 Å². The van der Waals surface area contributed by atoms with Crippen LogP contribution in [0, 0.1) is 6.92 Å². The molecule has 1 heterocycles.